The van der Waals surface area contributed by atoms with Crippen molar-refractivity contribution in [2.75, 3.05) is 11.9 Å². The molecule has 0 saturated carbocycles. The minimum absolute atomic E-state index is 0.0501. The van der Waals surface area contributed by atoms with Gasteiger partial charge in [-0.3, -0.25) is 4.79 Å². The first kappa shape index (κ1) is 14.6. The van der Waals surface area contributed by atoms with E-state index in [0.717, 1.165) is 25.1 Å². The SMILES string of the molecule is CCCNC(=O)C(C)Nc1ccc(CC)c(C)c1. The summed E-state index contributed by atoms with van der Waals surface area (Å²) >= 11 is 0. The lowest BCUT2D eigenvalue weighted by atomic mass is 10.1. The fraction of sp³-hybridized carbons (Fsp3) is 0.533. The Balaban J connectivity index is 2.61. The van der Waals surface area contributed by atoms with Gasteiger partial charge in [-0.05, 0) is 49.9 Å². The van der Waals surface area contributed by atoms with Gasteiger partial charge in [0, 0.05) is 12.2 Å². The molecule has 0 aliphatic carbocycles. The molecule has 100 valence electrons. The van der Waals surface area contributed by atoms with Gasteiger partial charge in [-0.1, -0.05) is 19.9 Å². The van der Waals surface area contributed by atoms with Gasteiger partial charge in [-0.2, -0.15) is 0 Å². The molecule has 18 heavy (non-hydrogen) atoms. The van der Waals surface area contributed by atoms with E-state index in [9.17, 15) is 4.79 Å². The van der Waals surface area contributed by atoms with Gasteiger partial charge in [-0.25, -0.2) is 0 Å². The van der Waals surface area contributed by atoms with E-state index >= 15 is 0 Å². The van der Waals surface area contributed by atoms with Crippen LogP contribution in [0, 0.1) is 6.92 Å². The van der Waals surface area contributed by atoms with Crippen LogP contribution in [-0.2, 0) is 11.2 Å². The summed E-state index contributed by atoms with van der Waals surface area (Å²) in [7, 11) is 0. The number of nitrogens with one attached hydrogen (secondary N) is 2. The van der Waals surface area contributed by atoms with E-state index in [1.807, 2.05) is 19.9 Å². The van der Waals surface area contributed by atoms with E-state index in [-0.39, 0.29) is 11.9 Å². The topological polar surface area (TPSA) is 41.1 Å². The first-order chi connectivity index (χ1) is 8.58. The Bertz CT molecular complexity index is 401. The van der Waals surface area contributed by atoms with Gasteiger partial charge >= 0.3 is 0 Å². The molecule has 1 aromatic rings. The molecular formula is C15H24N2O. The third-order valence-corrected chi connectivity index (χ3v) is 3.05. The number of carbonyl (C=O) groups excluding carboxylic acids is 1. The Morgan fingerprint density at radius 1 is 1.33 bits per heavy atom. The number of benzene rings is 1. The van der Waals surface area contributed by atoms with Crippen molar-refractivity contribution in [3.8, 4) is 0 Å². The van der Waals surface area contributed by atoms with Crippen molar-refractivity contribution in [2.24, 2.45) is 0 Å². The maximum absolute atomic E-state index is 11.7. The van der Waals surface area contributed by atoms with E-state index < -0.39 is 0 Å². The van der Waals surface area contributed by atoms with Gasteiger partial charge < -0.3 is 10.6 Å². The number of carbonyl (C=O) groups is 1. The number of amides is 1. The first-order valence-electron chi connectivity index (χ1n) is 6.72. The third kappa shape index (κ3) is 4.06. The minimum Gasteiger partial charge on any atom is -0.374 e. The quantitative estimate of drug-likeness (QED) is 0.812. The van der Waals surface area contributed by atoms with Crippen LogP contribution in [0.3, 0.4) is 0 Å². The van der Waals surface area contributed by atoms with Gasteiger partial charge in [0.15, 0.2) is 0 Å². The van der Waals surface area contributed by atoms with E-state index in [0.29, 0.717) is 0 Å². The standard InChI is InChI=1S/C15H24N2O/c1-5-9-16-15(18)12(4)17-14-8-7-13(6-2)11(3)10-14/h7-8,10,12,17H,5-6,9H2,1-4H3,(H,16,18). The molecule has 0 fully saturated rings. The highest BCUT2D eigenvalue weighted by Gasteiger charge is 2.11. The molecule has 0 heterocycles. The lowest BCUT2D eigenvalue weighted by Crippen LogP contribution is -2.37. The monoisotopic (exact) mass is 248 g/mol. The van der Waals surface area contributed by atoms with Gasteiger partial charge in [0.1, 0.15) is 6.04 Å². The van der Waals surface area contributed by atoms with Crippen LogP contribution in [0.4, 0.5) is 5.69 Å². The molecule has 1 atom stereocenters. The normalized spacial score (nSPS) is 12.0. The summed E-state index contributed by atoms with van der Waals surface area (Å²) in [6, 6.07) is 6.05. The molecule has 1 rings (SSSR count). The number of hydrogen-bond donors (Lipinski definition) is 2. The van der Waals surface area contributed by atoms with Crippen LogP contribution >= 0.6 is 0 Å². The molecule has 0 aliphatic heterocycles. The summed E-state index contributed by atoms with van der Waals surface area (Å²) < 4.78 is 0. The fourth-order valence-electron chi connectivity index (χ4n) is 1.90. The van der Waals surface area contributed by atoms with Crippen LogP contribution in [0.25, 0.3) is 0 Å². The molecule has 0 radical (unpaired) electrons. The smallest absolute Gasteiger partial charge is 0.242 e. The minimum atomic E-state index is -0.205. The Morgan fingerprint density at radius 3 is 2.61 bits per heavy atom. The molecule has 3 heteroatoms. The highest BCUT2D eigenvalue weighted by molar-refractivity contribution is 5.84. The molecule has 0 aliphatic rings. The lowest BCUT2D eigenvalue weighted by Gasteiger charge is -2.16. The molecule has 1 aromatic carbocycles. The van der Waals surface area contributed by atoms with Crippen LogP contribution in [0.2, 0.25) is 0 Å². The van der Waals surface area contributed by atoms with Crippen molar-refractivity contribution in [1.82, 2.24) is 5.32 Å². The van der Waals surface area contributed by atoms with Crippen LogP contribution in [-0.4, -0.2) is 18.5 Å². The molecule has 0 saturated heterocycles. The summed E-state index contributed by atoms with van der Waals surface area (Å²) in [5.41, 5.74) is 3.62. The van der Waals surface area contributed by atoms with Crippen LogP contribution < -0.4 is 10.6 Å². The molecule has 0 bridgehead atoms. The number of aryl methyl sites for hydroxylation is 2. The molecular weight excluding hydrogens is 224 g/mol. The van der Waals surface area contributed by atoms with Crippen molar-refractivity contribution in [3.05, 3.63) is 29.3 Å². The zero-order valence-electron chi connectivity index (χ0n) is 11.8. The van der Waals surface area contributed by atoms with Crippen molar-refractivity contribution < 1.29 is 4.79 Å². The maximum Gasteiger partial charge on any atom is 0.242 e. The highest BCUT2D eigenvalue weighted by Crippen LogP contribution is 2.16. The van der Waals surface area contributed by atoms with Crippen LogP contribution in [0.15, 0.2) is 18.2 Å². The molecule has 0 aromatic heterocycles. The van der Waals surface area contributed by atoms with Gasteiger partial charge in [0.05, 0.1) is 0 Å². The van der Waals surface area contributed by atoms with Gasteiger partial charge in [0.25, 0.3) is 0 Å². The van der Waals surface area contributed by atoms with E-state index in [4.69, 9.17) is 0 Å². The predicted molar refractivity (Wildman–Crippen MR) is 76.9 cm³/mol. The van der Waals surface area contributed by atoms with Crippen molar-refractivity contribution in [1.29, 1.82) is 0 Å². The van der Waals surface area contributed by atoms with Crippen molar-refractivity contribution in [3.63, 3.8) is 0 Å². The zero-order valence-corrected chi connectivity index (χ0v) is 11.8. The van der Waals surface area contributed by atoms with Gasteiger partial charge in [-0.15, -0.1) is 0 Å². The first-order valence-corrected chi connectivity index (χ1v) is 6.72. The van der Waals surface area contributed by atoms with E-state index in [2.05, 4.69) is 36.6 Å². The number of anilines is 1. The molecule has 1 unspecified atom stereocenters. The molecule has 2 N–H and O–H groups in total. The fourth-order valence-corrected chi connectivity index (χ4v) is 1.90. The van der Waals surface area contributed by atoms with Crippen LogP contribution in [0.5, 0.6) is 0 Å². The summed E-state index contributed by atoms with van der Waals surface area (Å²) in [5.74, 6) is 0.0501. The number of rotatable bonds is 6. The van der Waals surface area contributed by atoms with Crippen LogP contribution in [0.1, 0.15) is 38.3 Å². The molecule has 3 nitrogen and oxygen atoms in total. The molecule has 1 amide bonds. The lowest BCUT2D eigenvalue weighted by molar-refractivity contribution is -0.121. The Labute approximate surface area is 110 Å². The average Bonchev–Trinajstić information content (AvgIpc) is 2.36. The second kappa shape index (κ2) is 7.04. The molecule has 0 spiro atoms. The Hall–Kier alpha value is -1.51. The summed E-state index contributed by atoms with van der Waals surface area (Å²) in [6.07, 6.45) is 2.00. The Kier molecular flexibility index (Phi) is 5.69. The largest absolute Gasteiger partial charge is 0.374 e. The predicted octanol–water partition coefficient (Wildman–Crippen LogP) is 2.88. The summed E-state index contributed by atoms with van der Waals surface area (Å²) in [4.78, 5) is 11.7. The van der Waals surface area contributed by atoms with E-state index in [1.54, 1.807) is 0 Å². The number of hydrogen-bond acceptors (Lipinski definition) is 2. The average molecular weight is 248 g/mol. The van der Waals surface area contributed by atoms with Crippen molar-refractivity contribution in [2.45, 2.75) is 46.6 Å². The second-order valence-corrected chi connectivity index (χ2v) is 4.65. The summed E-state index contributed by atoms with van der Waals surface area (Å²) in [5, 5.41) is 6.12. The Morgan fingerprint density at radius 2 is 2.06 bits per heavy atom. The third-order valence-electron chi connectivity index (χ3n) is 3.05. The summed E-state index contributed by atoms with van der Waals surface area (Å²) in [6.45, 7) is 8.92. The van der Waals surface area contributed by atoms with Crippen molar-refractivity contribution >= 4 is 11.6 Å². The zero-order chi connectivity index (χ0) is 13.5. The van der Waals surface area contributed by atoms with Gasteiger partial charge in [0.2, 0.25) is 5.91 Å². The van der Waals surface area contributed by atoms with E-state index in [1.165, 1.54) is 11.1 Å². The second-order valence-electron chi connectivity index (χ2n) is 4.65. The highest BCUT2D eigenvalue weighted by atomic mass is 16.2. The maximum atomic E-state index is 11.7.